The van der Waals surface area contributed by atoms with Gasteiger partial charge in [0, 0.05) is 56.2 Å². The van der Waals surface area contributed by atoms with E-state index in [9.17, 15) is 13.2 Å². The Morgan fingerprint density at radius 3 is 2.74 bits per heavy atom. The van der Waals surface area contributed by atoms with Crippen LogP contribution in [0, 0.1) is 6.92 Å². The van der Waals surface area contributed by atoms with Crippen molar-refractivity contribution >= 4 is 44.4 Å². The zero-order valence-electron chi connectivity index (χ0n) is 22.4. The van der Waals surface area contributed by atoms with Crippen LogP contribution in [0.4, 0.5) is 11.5 Å². The van der Waals surface area contributed by atoms with Crippen molar-refractivity contribution in [1.82, 2.24) is 24.8 Å². The first-order valence-electron chi connectivity index (χ1n) is 13.1. The summed E-state index contributed by atoms with van der Waals surface area (Å²) < 4.78 is 34.7. The minimum atomic E-state index is -3.69. The first-order chi connectivity index (χ1) is 18.8. The molecule has 0 spiro atoms. The maximum Gasteiger partial charge on any atom is 0.256 e. The number of aromatic amines is 1. The van der Waals surface area contributed by atoms with Gasteiger partial charge in [0.25, 0.3) is 15.9 Å². The number of anilines is 2. The van der Waals surface area contributed by atoms with E-state index in [1.807, 2.05) is 24.9 Å². The number of nitrogens with zero attached hydrogens (tertiary/aromatic N) is 6. The molecule has 0 unspecified atom stereocenters. The Bertz CT molecular complexity index is 1480. The maximum absolute atomic E-state index is 13.0. The minimum Gasteiger partial charge on any atom is -0.378 e. The number of guanidine groups is 1. The summed E-state index contributed by atoms with van der Waals surface area (Å²) >= 11 is 0. The minimum absolute atomic E-state index is 0.0835. The number of carbonyl (C=O) groups is 1. The van der Waals surface area contributed by atoms with Gasteiger partial charge in [-0.15, -0.1) is 4.40 Å². The molecule has 2 N–H and O–H groups in total. The molecule has 4 heterocycles. The highest BCUT2D eigenvalue weighted by Gasteiger charge is 2.30. The number of aryl methyl sites for hydroxylation is 1. The summed E-state index contributed by atoms with van der Waals surface area (Å²) in [6, 6.07) is 6.99. The van der Waals surface area contributed by atoms with Crippen molar-refractivity contribution in [3.05, 3.63) is 47.9 Å². The van der Waals surface area contributed by atoms with Gasteiger partial charge in [-0.1, -0.05) is 6.07 Å². The second-order valence-electron chi connectivity index (χ2n) is 9.78. The fraction of sp³-hybridized carbons (Fsp3) is 0.462. The Balaban J connectivity index is 1.38. The van der Waals surface area contributed by atoms with Crippen molar-refractivity contribution in [3.63, 3.8) is 0 Å². The number of piperazine rings is 1. The number of amides is 1. The molecule has 2 aliphatic heterocycles. The van der Waals surface area contributed by atoms with Crippen molar-refractivity contribution in [3.8, 4) is 0 Å². The molecule has 2 aromatic heterocycles. The summed E-state index contributed by atoms with van der Waals surface area (Å²) in [5.41, 5.74) is 2.97. The number of aromatic nitrogens is 3. The van der Waals surface area contributed by atoms with Crippen LogP contribution in [0.2, 0.25) is 0 Å². The molecule has 39 heavy (non-hydrogen) atoms. The van der Waals surface area contributed by atoms with Gasteiger partial charge in [-0.05, 0) is 44.5 Å². The Morgan fingerprint density at radius 1 is 1.21 bits per heavy atom. The molecule has 12 nitrogen and oxygen atoms in total. The molecule has 208 valence electrons. The topological polar surface area (TPSA) is 136 Å². The third kappa shape index (κ3) is 5.83. The van der Waals surface area contributed by atoms with E-state index < -0.39 is 10.0 Å². The molecule has 0 bridgehead atoms. The van der Waals surface area contributed by atoms with Crippen LogP contribution in [0.1, 0.15) is 29.8 Å². The summed E-state index contributed by atoms with van der Waals surface area (Å²) in [7, 11) is -3.69. The van der Waals surface area contributed by atoms with Crippen molar-refractivity contribution in [1.29, 1.82) is 0 Å². The van der Waals surface area contributed by atoms with Gasteiger partial charge in [-0.25, -0.2) is 18.4 Å². The van der Waals surface area contributed by atoms with E-state index in [1.54, 1.807) is 42.4 Å². The Morgan fingerprint density at radius 2 is 2.00 bits per heavy atom. The first kappa shape index (κ1) is 26.9. The van der Waals surface area contributed by atoms with E-state index in [-0.39, 0.29) is 23.7 Å². The maximum atomic E-state index is 13.0. The third-order valence-corrected chi connectivity index (χ3v) is 8.28. The lowest BCUT2D eigenvalue weighted by atomic mass is 10.1. The highest BCUT2D eigenvalue weighted by atomic mass is 32.2. The van der Waals surface area contributed by atoms with Gasteiger partial charge in [0.15, 0.2) is 0 Å². The van der Waals surface area contributed by atoms with E-state index in [1.165, 1.54) is 0 Å². The summed E-state index contributed by atoms with van der Waals surface area (Å²) in [5.74, 6) is 0.894. The monoisotopic (exact) mass is 554 g/mol. The number of hydrogen-bond donors (Lipinski definition) is 2. The average Bonchev–Trinajstić information content (AvgIpc) is 3.33. The Labute approximate surface area is 228 Å². The molecule has 0 saturated carbocycles. The summed E-state index contributed by atoms with van der Waals surface area (Å²) in [4.78, 5) is 31.0. The van der Waals surface area contributed by atoms with Crippen LogP contribution in [0.5, 0.6) is 0 Å². The predicted molar refractivity (Wildman–Crippen MR) is 151 cm³/mol. The van der Waals surface area contributed by atoms with Crippen LogP contribution in [0.15, 0.2) is 41.2 Å². The number of rotatable bonds is 5. The lowest BCUT2D eigenvalue weighted by Crippen LogP contribution is -2.56. The standard InChI is InChI=1S/C26H34N8O4S/c1-4-39(36,37)31-26(30-21-7-5-6-20(14-21)25(35)32-10-12-38-13-11-32)34-9-8-33(16-19(34)3)24-22-18(2)15-27-23(22)28-17-29-24/h5-7,14-15,17,19H,4,8-13,16H2,1-3H3,(H,30,31)(H,27,28,29)/t19-/m0/s1. The van der Waals surface area contributed by atoms with Crippen LogP contribution in [0.25, 0.3) is 11.0 Å². The van der Waals surface area contributed by atoms with E-state index in [4.69, 9.17) is 4.74 Å². The SMILES string of the molecule is CCS(=O)(=O)N=C(Nc1cccc(C(=O)N2CCOCC2)c1)N1CCN(c2ncnc3[nH]cc(C)c23)C[C@@H]1C. The van der Waals surface area contributed by atoms with Crippen molar-refractivity contribution < 1.29 is 17.9 Å². The molecule has 1 aromatic carbocycles. The van der Waals surface area contributed by atoms with Crippen molar-refractivity contribution in [2.75, 3.05) is 61.9 Å². The molecule has 5 rings (SSSR count). The second kappa shape index (κ2) is 11.2. The second-order valence-corrected chi connectivity index (χ2v) is 11.7. The van der Waals surface area contributed by atoms with Crippen LogP contribution in [-0.4, -0.2) is 103 Å². The lowest BCUT2D eigenvalue weighted by molar-refractivity contribution is 0.0303. The van der Waals surface area contributed by atoms with Crippen molar-refractivity contribution in [2.45, 2.75) is 26.8 Å². The van der Waals surface area contributed by atoms with Gasteiger partial charge >= 0.3 is 0 Å². The zero-order valence-corrected chi connectivity index (χ0v) is 23.2. The number of H-pyrrole nitrogens is 1. The number of sulfonamides is 1. The molecule has 1 amide bonds. The highest BCUT2D eigenvalue weighted by Crippen LogP contribution is 2.28. The molecule has 0 aliphatic carbocycles. The summed E-state index contributed by atoms with van der Waals surface area (Å²) in [6.45, 7) is 9.49. The summed E-state index contributed by atoms with van der Waals surface area (Å²) in [5, 5.41) is 4.20. The van der Waals surface area contributed by atoms with Gasteiger partial charge in [0.05, 0.1) is 24.4 Å². The van der Waals surface area contributed by atoms with Gasteiger partial charge in [0.2, 0.25) is 5.96 Å². The molecule has 2 fully saturated rings. The molecular weight excluding hydrogens is 520 g/mol. The van der Waals surface area contributed by atoms with E-state index in [0.717, 1.165) is 22.4 Å². The number of ether oxygens (including phenoxy) is 1. The summed E-state index contributed by atoms with van der Waals surface area (Å²) in [6.07, 6.45) is 3.48. The average molecular weight is 555 g/mol. The number of nitrogens with one attached hydrogen (secondary N) is 2. The molecular formula is C26H34N8O4S. The largest absolute Gasteiger partial charge is 0.378 e. The van der Waals surface area contributed by atoms with E-state index >= 15 is 0 Å². The highest BCUT2D eigenvalue weighted by molar-refractivity contribution is 7.90. The molecule has 2 saturated heterocycles. The van der Waals surface area contributed by atoms with E-state index in [0.29, 0.717) is 57.2 Å². The fourth-order valence-corrected chi connectivity index (χ4v) is 5.50. The predicted octanol–water partition coefficient (Wildman–Crippen LogP) is 2.07. The van der Waals surface area contributed by atoms with Gasteiger partial charge in [-0.3, -0.25) is 4.79 Å². The van der Waals surface area contributed by atoms with Crippen LogP contribution in [0.3, 0.4) is 0 Å². The number of carbonyl (C=O) groups excluding carboxylic acids is 1. The number of hydrogen-bond acceptors (Lipinski definition) is 7. The number of fused-ring (bicyclic) bond motifs is 1. The van der Waals surface area contributed by atoms with Gasteiger partial charge in [0.1, 0.15) is 17.8 Å². The third-order valence-electron chi connectivity index (χ3n) is 7.10. The quantitative estimate of drug-likeness (QED) is 0.359. The number of morpholine rings is 1. The lowest BCUT2D eigenvalue weighted by Gasteiger charge is -2.42. The molecule has 1 atom stereocenters. The van der Waals surface area contributed by atoms with Crippen LogP contribution < -0.4 is 10.2 Å². The molecule has 0 radical (unpaired) electrons. The van der Waals surface area contributed by atoms with Gasteiger partial charge < -0.3 is 29.7 Å². The molecule has 2 aliphatic rings. The Hall–Kier alpha value is -3.71. The normalized spacial score (nSPS) is 19.0. The van der Waals surface area contributed by atoms with Crippen LogP contribution >= 0.6 is 0 Å². The smallest absolute Gasteiger partial charge is 0.256 e. The number of benzene rings is 1. The van der Waals surface area contributed by atoms with Crippen molar-refractivity contribution in [2.24, 2.45) is 4.40 Å². The van der Waals surface area contributed by atoms with Gasteiger partial charge in [-0.2, -0.15) is 0 Å². The molecule has 3 aromatic rings. The first-order valence-corrected chi connectivity index (χ1v) is 14.7. The Kier molecular flexibility index (Phi) is 7.71. The molecule has 13 heteroatoms. The van der Waals surface area contributed by atoms with E-state index in [2.05, 4.69) is 29.6 Å². The zero-order chi connectivity index (χ0) is 27.6. The fourth-order valence-electron chi connectivity index (χ4n) is 4.95. The van der Waals surface area contributed by atoms with Crippen LogP contribution in [-0.2, 0) is 14.8 Å².